The molecule has 0 heterocycles. The van der Waals surface area contributed by atoms with Crippen molar-refractivity contribution in [3.63, 3.8) is 0 Å². The third-order valence-electron chi connectivity index (χ3n) is 0. The molecule has 2 amide bonds. The number of carbonyl (C=O) groups is 2. The molecule has 0 aromatic rings. The van der Waals surface area contributed by atoms with Gasteiger partial charge in [-0.15, -0.1) is 0 Å². The molecule has 0 aromatic heterocycles. The summed E-state index contributed by atoms with van der Waals surface area (Å²) in [7, 11) is 0. The second-order valence-electron chi connectivity index (χ2n) is 0.638. The molecule has 0 saturated carbocycles. The first-order valence-electron chi connectivity index (χ1n) is 1.39. The zero-order chi connectivity index (χ0) is 7.15. The fraction of sp³-hybridized carbons (Fsp3) is 0. The van der Waals surface area contributed by atoms with Gasteiger partial charge in [0.25, 0.3) is 0 Å². The van der Waals surface area contributed by atoms with E-state index in [1.54, 1.807) is 0 Å². The van der Waals surface area contributed by atoms with Crippen LogP contribution in [-0.2, 0) is 25.3 Å². The Balaban J connectivity index is -0.0000000720. The minimum absolute atomic E-state index is 0. The maximum atomic E-state index is 9.04. The van der Waals surface area contributed by atoms with Gasteiger partial charge in [0.2, 0.25) is 0 Å². The molecule has 0 spiro atoms. The molecule has 7 heteroatoms. The summed E-state index contributed by atoms with van der Waals surface area (Å²) in [6.07, 6.45) is 0. The Morgan fingerprint density at radius 2 is 1.00 bits per heavy atom. The van der Waals surface area contributed by atoms with Gasteiger partial charge in [-0.1, -0.05) is 0 Å². The van der Waals surface area contributed by atoms with Gasteiger partial charge in [-0.05, 0) is 0 Å². The first-order chi connectivity index (χ1) is 3.46. The van der Waals surface area contributed by atoms with Crippen molar-refractivity contribution in [2.75, 3.05) is 0 Å². The monoisotopic (exact) mass is 290 g/mol. The van der Waals surface area contributed by atoms with Crippen molar-refractivity contribution < 1.29 is 9.59 Å². The summed E-state index contributed by atoms with van der Waals surface area (Å²) in [6, 6.07) is 0. The first-order valence-corrected chi connectivity index (χ1v) is 2.21. The number of hydrogen-bond donors (Lipinski definition) is 2. The van der Waals surface area contributed by atoms with Crippen LogP contribution < -0.4 is 11.5 Å². The molecular formula is C2H4BaN2O2S2. The average Bonchev–Trinajstić information content (AvgIpc) is 1.25. The third-order valence-corrected chi connectivity index (χ3v) is 0. The average molecular weight is 290 g/mol. The molecule has 0 radical (unpaired) electrons. The van der Waals surface area contributed by atoms with Crippen molar-refractivity contribution in [3.8, 4) is 0 Å². The van der Waals surface area contributed by atoms with Crippen molar-refractivity contribution in [1.29, 1.82) is 0 Å². The van der Waals surface area contributed by atoms with E-state index < -0.39 is 10.5 Å². The standard InChI is InChI=1S/2CH3NOS.Ba/c2*2-1(3)4;/h2*(H3,2,3,4);/q;;+2/p-2. The molecule has 0 aromatic carbocycles. The van der Waals surface area contributed by atoms with Gasteiger partial charge in [0.1, 0.15) is 0 Å². The Kier molecular flexibility index (Phi) is 21.5. The molecule has 4 nitrogen and oxygen atoms in total. The van der Waals surface area contributed by atoms with Crippen LogP contribution in [0.25, 0.3) is 0 Å². The minimum atomic E-state index is -0.750. The zero-order valence-electron chi connectivity index (χ0n) is 4.49. The smallest absolute Gasteiger partial charge is 0.719 e. The van der Waals surface area contributed by atoms with E-state index in [-0.39, 0.29) is 48.9 Å². The zero-order valence-corrected chi connectivity index (χ0v) is 10.6. The van der Waals surface area contributed by atoms with Gasteiger partial charge in [-0.25, -0.2) is 0 Å². The number of hydrogen-bond acceptors (Lipinski definition) is 4. The molecule has 9 heavy (non-hydrogen) atoms. The van der Waals surface area contributed by atoms with Crippen molar-refractivity contribution >= 4 is 84.6 Å². The summed E-state index contributed by atoms with van der Waals surface area (Å²) in [6.45, 7) is 0. The normalized spacial score (nSPS) is 5.33. The Bertz CT molecular complexity index is 78.6. The Hall–Kier alpha value is 0.951. The van der Waals surface area contributed by atoms with Gasteiger partial charge in [0, 0.05) is 0 Å². The van der Waals surface area contributed by atoms with Gasteiger partial charge in [0.05, 0.1) is 10.5 Å². The van der Waals surface area contributed by atoms with Gasteiger partial charge in [-0.2, -0.15) is 0 Å². The van der Waals surface area contributed by atoms with Gasteiger partial charge >= 0.3 is 48.9 Å². The van der Waals surface area contributed by atoms with Crippen LogP contribution in [0.2, 0.25) is 0 Å². The molecule has 0 rings (SSSR count). The summed E-state index contributed by atoms with van der Waals surface area (Å²) in [5, 5.41) is -1.50. The SMILES string of the molecule is NC(=O)[S-].NC(=O)[S-].[Ba+2]. The largest absolute Gasteiger partial charge is 2.00 e. The fourth-order valence-corrected chi connectivity index (χ4v) is 0. The van der Waals surface area contributed by atoms with Crippen LogP contribution in [0, 0.1) is 0 Å². The van der Waals surface area contributed by atoms with Crippen molar-refractivity contribution in [3.05, 3.63) is 0 Å². The molecule has 48 valence electrons. The van der Waals surface area contributed by atoms with Crippen LogP contribution in [0.1, 0.15) is 0 Å². The Labute approximate surface area is 104 Å². The van der Waals surface area contributed by atoms with E-state index >= 15 is 0 Å². The van der Waals surface area contributed by atoms with Gasteiger partial charge in [0.15, 0.2) is 0 Å². The predicted octanol–water partition coefficient (Wildman–Crippen LogP) is -1.16. The van der Waals surface area contributed by atoms with Crippen molar-refractivity contribution in [1.82, 2.24) is 0 Å². The van der Waals surface area contributed by atoms with E-state index in [1.807, 2.05) is 0 Å². The summed E-state index contributed by atoms with van der Waals surface area (Å²) < 4.78 is 0. The maximum absolute atomic E-state index is 9.04. The van der Waals surface area contributed by atoms with E-state index in [9.17, 15) is 0 Å². The molecule has 0 fully saturated rings. The molecule has 4 N–H and O–H groups in total. The first kappa shape index (κ1) is 16.5. The van der Waals surface area contributed by atoms with Crippen LogP contribution in [-0.4, -0.2) is 59.4 Å². The summed E-state index contributed by atoms with van der Waals surface area (Å²) in [5.41, 5.74) is 8.57. The predicted molar refractivity (Wildman–Crippen MR) is 39.7 cm³/mol. The van der Waals surface area contributed by atoms with E-state index in [0.717, 1.165) is 0 Å². The second-order valence-corrected chi connectivity index (χ2v) is 1.44. The maximum Gasteiger partial charge on any atom is 2.00 e. The summed E-state index contributed by atoms with van der Waals surface area (Å²) in [4.78, 5) is 18.1. The van der Waals surface area contributed by atoms with Crippen molar-refractivity contribution in [2.24, 2.45) is 11.5 Å². The molecule has 0 aliphatic heterocycles. The Morgan fingerprint density at radius 1 is 1.00 bits per heavy atom. The molecule has 0 bridgehead atoms. The number of amides is 2. The van der Waals surface area contributed by atoms with E-state index in [1.165, 1.54) is 0 Å². The topological polar surface area (TPSA) is 86.2 Å². The number of carbonyl (C=O) groups excluding carboxylic acids is 2. The van der Waals surface area contributed by atoms with Crippen LogP contribution in [0.5, 0.6) is 0 Å². The fourth-order valence-electron chi connectivity index (χ4n) is 0. The van der Waals surface area contributed by atoms with Crippen LogP contribution >= 0.6 is 0 Å². The number of primary amides is 2. The molecule has 0 atom stereocenters. The molecule has 0 unspecified atom stereocenters. The third kappa shape index (κ3) is 478. The van der Waals surface area contributed by atoms with Crippen molar-refractivity contribution in [2.45, 2.75) is 0 Å². The van der Waals surface area contributed by atoms with Crippen LogP contribution in [0.4, 0.5) is 9.59 Å². The van der Waals surface area contributed by atoms with Gasteiger partial charge < -0.3 is 46.3 Å². The number of rotatable bonds is 0. The van der Waals surface area contributed by atoms with E-state index in [0.29, 0.717) is 0 Å². The molecule has 0 saturated heterocycles. The second kappa shape index (κ2) is 11.7. The minimum Gasteiger partial charge on any atom is -0.719 e. The Morgan fingerprint density at radius 3 is 1.00 bits per heavy atom. The van der Waals surface area contributed by atoms with Gasteiger partial charge in [-0.3, -0.25) is 0 Å². The molecular weight excluding hydrogens is 285 g/mol. The van der Waals surface area contributed by atoms with E-state index in [4.69, 9.17) is 9.59 Å². The van der Waals surface area contributed by atoms with Crippen LogP contribution in [0.15, 0.2) is 0 Å². The summed E-state index contributed by atoms with van der Waals surface area (Å²) in [5.74, 6) is 0. The quantitative estimate of drug-likeness (QED) is 0.435. The van der Waals surface area contributed by atoms with E-state index in [2.05, 4.69) is 36.7 Å². The summed E-state index contributed by atoms with van der Waals surface area (Å²) >= 11 is 7.52. The van der Waals surface area contributed by atoms with Crippen LogP contribution in [0.3, 0.4) is 0 Å². The number of nitrogens with two attached hydrogens (primary N) is 2. The molecule has 0 aliphatic rings. The molecule has 0 aliphatic carbocycles.